The molecule has 1 aliphatic heterocycles. The van der Waals surface area contributed by atoms with Crippen LogP contribution < -0.4 is 43.0 Å². The Morgan fingerprint density at radius 2 is 0.977 bits per heavy atom. The molecule has 128 heavy (non-hydrogen) atoms. The Morgan fingerprint density at radius 3 is 1.52 bits per heavy atom. The molecule has 684 valence electrons. The van der Waals surface area contributed by atoms with Gasteiger partial charge in [-0.3, -0.25) is 76.7 Å². The first-order valence-electron chi connectivity index (χ1n) is 42.9. The number of nitrogens with two attached hydrogens (primary N) is 1. The molecule has 12 amide bonds. The van der Waals surface area contributed by atoms with Crippen molar-refractivity contribution >= 4 is 117 Å². The Bertz CT molecular complexity index is 5020. The number of primary amides is 1. The Morgan fingerprint density at radius 1 is 0.492 bits per heavy atom. The molecule has 0 aliphatic carbocycles. The number of nitrogens with one attached hydrogen (secondary N) is 8. The molecule has 32 nitrogen and oxygen atoms in total. The lowest BCUT2D eigenvalue weighted by atomic mass is 9.88. The van der Waals surface area contributed by atoms with Crippen molar-refractivity contribution in [3.8, 4) is 11.5 Å². The first-order valence-corrected chi connectivity index (χ1v) is 44.1. The molecule has 0 unspecified atom stereocenters. The number of Topliss-reactive ketones (excluding diaryl/α,β-unsaturated/α-hetero) is 3. The molecule has 0 radical (unpaired) electrons. The number of rotatable bonds is 23. The number of hydrogen-bond donors (Lipinski definition) is 12. The third-order valence-corrected chi connectivity index (χ3v) is 23.6. The van der Waals surface area contributed by atoms with E-state index in [-0.39, 0.29) is 80.3 Å². The number of nitrogens with zero attached hydrogens (tertiary/aromatic N) is 4. The van der Waals surface area contributed by atoms with Gasteiger partial charge in [-0.15, -0.1) is 0 Å². The van der Waals surface area contributed by atoms with Crippen LogP contribution in [-0.2, 0) is 115 Å². The maximum absolute atomic E-state index is 15.5. The van der Waals surface area contributed by atoms with E-state index in [0.29, 0.717) is 57.1 Å². The topological polar surface area (TPSA) is 473 Å². The number of benzene rings is 6. The van der Waals surface area contributed by atoms with Crippen LogP contribution in [0.25, 0.3) is 10.9 Å². The van der Waals surface area contributed by atoms with Crippen molar-refractivity contribution in [2.75, 3.05) is 59.3 Å². The van der Waals surface area contributed by atoms with E-state index in [1.54, 1.807) is 149 Å². The van der Waals surface area contributed by atoms with Gasteiger partial charge in [0.05, 0.1) is 49.8 Å². The van der Waals surface area contributed by atoms with Gasteiger partial charge in [0, 0.05) is 108 Å². The van der Waals surface area contributed by atoms with Crippen molar-refractivity contribution in [2.45, 2.75) is 173 Å². The van der Waals surface area contributed by atoms with Crippen LogP contribution in [0.1, 0.15) is 119 Å². The number of phenolic OH excluding ortho intramolecular Hbond substituents is 2. The molecule has 1 fully saturated rings. The highest BCUT2D eigenvalue weighted by molar-refractivity contribution is 8.00. The molecular weight excluding hydrogens is 1660 g/mol. The second-order valence-electron chi connectivity index (χ2n) is 33.6. The van der Waals surface area contributed by atoms with E-state index in [2.05, 4.69) is 42.2 Å². The number of fused-ring (bicyclic) bond motifs is 1. The number of para-hydroxylation sites is 1. The zero-order valence-electron chi connectivity index (χ0n) is 73.8. The zero-order chi connectivity index (χ0) is 93.4. The van der Waals surface area contributed by atoms with Crippen molar-refractivity contribution in [3.63, 3.8) is 0 Å². The van der Waals surface area contributed by atoms with Gasteiger partial charge >= 0.3 is 5.97 Å². The summed E-state index contributed by atoms with van der Waals surface area (Å²) in [6.07, 6.45) is -0.990. The summed E-state index contributed by atoms with van der Waals surface area (Å²) >= 11 is 0.955. The Kier molecular flexibility index (Phi) is 38.5. The Hall–Kier alpha value is -13.1. The van der Waals surface area contributed by atoms with Crippen molar-refractivity contribution < 1.29 is 92.0 Å². The average Bonchev–Trinajstić information content (AvgIpc) is 1.75. The lowest BCUT2D eigenvalue weighted by Crippen LogP contribution is -2.58. The van der Waals surface area contributed by atoms with Gasteiger partial charge in [-0.1, -0.05) is 181 Å². The highest BCUT2D eigenvalue weighted by Gasteiger charge is 2.42. The maximum atomic E-state index is 15.5. The van der Waals surface area contributed by atoms with Gasteiger partial charge in [-0.2, -0.15) is 11.8 Å². The second-order valence-corrected chi connectivity index (χ2v) is 34.6. The fraction of sp³-hybridized carbons (Fsp3) is 0.432. The summed E-state index contributed by atoms with van der Waals surface area (Å²) in [4.78, 5) is 242. The minimum absolute atomic E-state index is 0.00210. The summed E-state index contributed by atoms with van der Waals surface area (Å²) in [6.45, 7) is 6.41. The number of aromatic amines is 1. The number of hydrogen-bond acceptors (Lipinski definition) is 19. The van der Waals surface area contributed by atoms with Crippen LogP contribution in [0.3, 0.4) is 0 Å². The summed E-state index contributed by atoms with van der Waals surface area (Å²) in [5.41, 5.74) is 9.37. The number of likely N-dealkylation sites (N-methyl/N-ethyl adjacent to an activating group) is 4. The van der Waals surface area contributed by atoms with Crippen LogP contribution in [0.2, 0.25) is 0 Å². The van der Waals surface area contributed by atoms with Crippen molar-refractivity contribution in [1.29, 1.82) is 0 Å². The molecule has 0 spiro atoms. The molecule has 11 atom stereocenters. The fourth-order valence-corrected chi connectivity index (χ4v) is 16.5. The lowest BCUT2D eigenvalue weighted by Gasteiger charge is -2.37. The first kappa shape index (κ1) is 100. The number of aliphatic carboxylic acids is 1. The molecule has 1 aliphatic rings. The van der Waals surface area contributed by atoms with Crippen LogP contribution in [-0.4, -0.2) is 242 Å². The molecule has 6 aromatic carbocycles. The first-order chi connectivity index (χ1) is 60.9. The molecule has 33 heteroatoms. The number of carboxylic acids is 1. The number of aromatic nitrogens is 1. The predicted molar refractivity (Wildman–Crippen MR) is 481 cm³/mol. The van der Waals surface area contributed by atoms with Gasteiger partial charge < -0.3 is 82.9 Å². The largest absolute Gasteiger partial charge is 0.508 e. The monoisotopic (exact) mass is 1780 g/mol. The summed E-state index contributed by atoms with van der Waals surface area (Å²) in [6, 6.07) is 32.7. The molecule has 0 bridgehead atoms. The van der Waals surface area contributed by atoms with E-state index in [0.717, 1.165) is 21.6 Å². The van der Waals surface area contributed by atoms with Gasteiger partial charge in [-0.05, 0) is 101 Å². The number of amides is 12. The summed E-state index contributed by atoms with van der Waals surface area (Å²) < 4.78 is 0. The quantitative estimate of drug-likeness (QED) is 0.0389. The number of carboxylic acid groups (broad SMARTS) is 1. The number of unbranched alkanes of at least 4 members (excludes halogenated alkanes) is 1. The van der Waals surface area contributed by atoms with E-state index >= 15 is 38.4 Å². The van der Waals surface area contributed by atoms with Crippen LogP contribution >= 0.6 is 11.8 Å². The number of aromatic hydroxyl groups is 2. The fourth-order valence-electron chi connectivity index (χ4n) is 15.5. The van der Waals surface area contributed by atoms with Gasteiger partial charge in [-0.25, -0.2) is 0 Å². The Balaban J connectivity index is 1.20. The summed E-state index contributed by atoms with van der Waals surface area (Å²) in [5, 5.41) is 50.3. The van der Waals surface area contributed by atoms with Crippen molar-refractivity contribution in [3.05, 3.63) is 203 Å². The molecule has 13 N–H and O–H groups in total. The maximum Gasteiger partial charge on any atom is 0.305 e. The lowest BCUT2D eigenvalue weighted by molar-refractivity contribution is -0.152. The minimum Gasteiger partial charge on any atom is -0.508 e. The number of ketones is 3. The normalized spacial score (nSPS) is 22.1. The van der Waals surface area contributed by atoms with E-state index < -0.39 is 212 Å². The molecule has 2 heterocycles. The molecule has 1 saturated heterocycles. The van der Waals surface area contributed by atoms with Crippen LogP contribution in [0.5, 0.6) is 11.5 Å². The number of carbonyl (C=O) groups excluding carboxylic acids is 15. The highest BCUT2D eigenvalue weighted by atomic mass is 32.2. The van der Waals surface area contributed by atoms with E-state index in [9.17, 15) is 53.7 Å². The Labute approximate surface area is 749 Å². The standard InChI is InChI=1S/C95H119N13O19S/c1-10-11-31-78-94(126)106(7)54-84(116)100-76(50-85(117)118)91(123)104-86(58(4)5)81(113)48-64(41-59-23-15-12-16-24-59)88(120)103-77(44-63-34-38-69(110)39-35-63)93(125)105(6)53-83(115)99-75(47-66-51-97-72-30-22-21-29-71(66)72)90(122)102-74(43-62-32-36-68(109)37-33-62)89(121)101-73(40-57(2)3)80(112)49-67(87(119)98-52-82(96)114)55-128-56-70(111)46-65(42-60-25-17-13-18-26-60)92(124)108(9)79(95(127)107(78)8)45-61-27-19-14-20-28-61/h12-30,32-39,51,57-58,64-65,67,73-79,86,97,109-110H,10-11,31,40-50,52-56H2,1-9H3,(H2,96,114)(H,98,119)(H,99,115)(H,100,116)(H,101,121)(H,102,122)(H,103,120)(H,104,123)(H,117,118)/t64-,65-,67+,73+,74+,75+,76+,77+,78+,79+,86+/m1/s1. The van der Waals surface area contributed by atoms with Crippen LogP contribution in [0, 0.1) is 29.6 Å². The predicted octanol–water partition coefficient (Wildman–Crippen LogP) is 5.26. The zero-order valence-corrected chi connectivity index (χ0v) is 74.6. The minimum atomic E-state index is -1.87. The smallest absolute Gasteiger partial charge is 0.305 e. The molecular formula is C95H119N13O19S. The van der Waals surface area contributed by atoms with Gasteiger partial charge in [0.15, 0.2) is 11.6 Å². The summed E-state index contributed by atoms with van der Waals surface area (Å²) in [5.74, 6) is -19.4. The highest BCUT2D eigenvalue weighted by Crippen LogP contribution is 2.28. The van der Waals surface area contributed by atoms with Crippen LogP contribution in [0.4, 0.5) is 0 Å². The van der Waals surface area contributed by atoms with Crippen molar-refractivity contribution in [1.82, 2.24) is 61.8 Å². The molecule has 8 rings (SSSR count). The average molecular weight is 1780 g/mol. The molecule has 1 aromatic heterocycles. The van der Waals surface area contributed by atoms with Gasteiger partial charge in [0.2, 0.25) is 70.9 Å². The van der Waals surface area contributed by atoms with E-state index in [4.69, 9.17) is 5.73 Å². The van der Waals surface area contributed by atoms with E-state index in [1.165, 1.54) is 86.5 Å². The third kappa shape index (κ3) is 30.9. The SMILES string of the molecule is CCCC[C@H]1C(=O)N(C)CC(=O)N[C@@H](CC(=O)O)C(=O)N[C@@H](C(C)C)C(=O)C[C@@H](Cc2ccccc2)C(=O)N[C@@H](Cc2ccc(O)cc2)C(=O)N(C)CC(=O)N[C@@H](Cc2c[nH]c3ccccc23)C(=O)N[C@@H](Cc2ccc(O)cc2)C(=O)N[C@@H](CC(C)C)C(=O)C[C@H](C(=O)NCC(N)=O)CSCC(=O)C[C@@H](Cc2ccccc2)C(=O)N(C)[C@@H](Cc2ccccc2)C(=O)N1C. The number of thioether (sulfide) groups is 1. The number of H-pyrrole nitrogens is 1. The second kappa shape index (κ2) is 49.2. The third-order valence-electron chi connectivity index (χ3n) is 22.5. The number of carbonyl (C=O) groups is 16. The number of phenols is 2. The van der Waals surface area contributed by atoms with Gasteiger partial charge in [0.1, 0.15) is 53.5 Å². The van der Waals surface area contributed by atoms with Crippen LogP contribution in [0.15, 0.2) is 170 Å². The van der Waals surface area contributed by atoms with Crippen molar-refractivity contribution in [2.24, 2.45) is 35.3 Å². The van der Waals surface area contributed by atoms with E-state index in [1.807, 2.05) is 6.92 Å². The van der Waals surface area contributed by atoms with Gasteiger partial charge in [0.25, 0.3) is 0 Å². The summed E-state index contributed by atoms with van der Waals surface area (Å²) in [7, 11) is 5.36. The molecule has 0 saturated carbocycles. The molecule has 7 aromatic rings.